The van der Waals surface area contributed by atoms with Crippen LogP contribution in [0.1, 0.15) is 18.4 Å². The number of para-hydroxylation sites is 1. The van der Waals surface area contributed by atoms with Crippen LogP contribution in [0.3, 0.4) is 0 Å². The molecule has 0 radical (unpaired) electrons. The highest BCUT2D eigenvalue weighted by Crippen LogP contribution is 2.25. The first-order valence-corrected chi connectivity index (χ1v) is 7.53. The summed E-state index contributed by atoms with van der Waals surface area (Å²) in [6.45, 7) is 3.11. The van der Waals surface area contributed by atoms with Gasteiger partial charge in [0.2, 0.25) is 5.91 Å². The van der Waals surface area contributed by atoms with Gasteiger partial charge >= 0.3 is 0 Å². The van der Waals surface area contributed by atoms with E-state index in [-0.39, 0.29) is 11.9 Å². The second kappa shape index (κ2) is 5.83. The minimum atomic E-state index is -0.0985. The van der Waals surface area contributed by atoms with E-state index in [1.54, 1.807) is 0 Å². The van der Waals surface area contributed by atoms with Gasteiger partial charge in [0.15, 0.2) is 0 Å². The maximum absolute atomic E-state index is 12.2. The molecule has 3 rings (SSSR count). The SMILES string of the molecule is CN1CCC(CNC(=O)C2Cc3ccccc3N2)CC1. The summed E-state index contributed by atoms with van der Waals surface area (Å²) in [6.07, 6.45) is 3.18. The lowest BCUT2D eigenvalue weighted by Crippen LogP contribution is -2.42. The Morgan fingerprint density at radius 2 is 2.10 bits per heavy atom. The summed E-state index contributed by atoms with van der Waals surface area (Å²) in [5.41, 5.74) is 2.35. The van der Waals surface area contributed by atoms with E-state index in [0.717, 1.165) is 31.7 Å². The van der Waals surface area contributed by atoms with Crippen molar-refractivity contribution >= 4 is 11.6 Å². The Morgan fingerprint density at radius 1 is 1.35 bits per heavy atom. The topological polar surface area (TPSA) is 44.4 Å². The zero-order chi connectivity index (χ0) is 13.9. The molecule has 1 atom stereocenters. The summed E-state index contributed by atoms with van der Waals surface area (Å²) in [5, 5.41) is 6.43. The first-order chi connectivity index (χ1) is 9.72. The van der Waals surface area contributed by atoms with Crippen LogP contribution in [0, 0.1) is 5.92 Å². The molecule has 1 unspecified atom stereocenters. The molecule has 2 aliphatic heterocycles. The normalized spacial score (nSPS) is 23.1. The summed E-state index contributed by atoms with van der Waals surface area (Å²) in [7, 11) is 2.16. The molecule has 4 heteroatoms. The van der Waals surface area contributed by atoms with Gasteiger partial charge < -0.3 is 15.5 Å². The van der Waals surface area contributed by atoms with Crippen molar-refractivity contribution in [1.82, 2.24) is 10.2 Å². The third-order valence-electron chi connectivity index (χ3n) is 4.49. The van der Waals surface area contributed by atoms with Crippen molar-refractivity contribution in [3.63, 3.8) is 0 Å². The minimum Gasteiger partial charge on any atom is -0.373 e. The van der Waals surface area contributed by atoms with E-state index in [0.29, 0.717) is 5.92 Å². The number of likely N-dealkylation sites (tertiary alicyclic amines) is 1. The van der Waals surface area contributed by atoms with Gasteiger partial charge in [-0.15, -0.1) is 0 Å². The van der Waals surface area contributed by atoms with E-state index >= 15 is 0 Å². The quantitative estimate of drug-likeness (QED) is 0.877. The lowest BCUT2D eigenvalue weighted by Gasteiger charge is -2.29. The van der Waals surface area contributed by atoms with Crippen LogP contribution < -0.4 is 10.6 Å². The fourth-order valence-corrected chi connectivity index (χ4v) is 3.09. The van der Waals surface area contributed by atoms with Gasteiger partial charge in [0.1, 0.15) is 6.04 Å². The Bertz CT molecular complexity index is 455. The maximum Gasteiger partial charge on any atom is 0.242 e. The zero-order valence-electron chi connectivity index (χ0n) is 12.1. The predicted octanol–water partition coefficient (Wildman–Crippen LogP) is 1.48. The van der Waals surface area contributed by atoms with Gasteiger partial charge in [0, 0.05) is 18.7 Å². The van der Waals surface area contributed by atoms with Crippen molar-refractivity contribution in [3.8, 4) is 0 Å². The monoisotopic (exact) mass is 273 g/mol. The molecule has 2 aliphatic rings. The Balaban J connectivity index is 1.47. The number of amides is 1. The van der Waals surface area contributed by atoms with E-state index in [9.17, 15) is 4.79 Å². The van der Waals surface area contributed by atoms with Gasteiger partial charge in [-0.1, -0.05) is 18.2 Å². The first kappa shape index (κ1) is 13.4. The number of carbonyl (C=O) groups is 1. The third-order valence-corrected chi connectivity index (χ3v) is 4.49. The van der Waals surface area contributed by atoms with Gasteiger partial charge in [-0.05, 0) is 50.5 Å². The van der Waals surface area contributed by atoms with Gasteiger partial charge in [-0.25, -0.2) is 0 Å². The molecule has 2 N–H and O–H groups in total. The average Bonchev–Trinajstić information content (AvgIpc) is 2.90. The van der Waals surface area contributed by atoms with Gasteiger partial charge in [-0.2, -0.15) is 0 Å². The van der Waals surface area contributed by atoms with Crippen molar-refractivity contribution in [2.24, 2.45) is 5.92 Å². The number of nitrogens with zero attached hydrogens (tertiary/aromatic N) is 1. The number of nitrogens with one attached hydrogen (secondary N) is 2. The number of hydrogen-bond donors (Lipinski definition) is 2. The molecule has 2 heterocycles. The Kier molecular flexibility index (Phi) is 3.92. The zero-order valence-corrected chi connectivity index (χ0v) is 12.1. The van der Waals surface area contributed by atoms with E-state index in [4.69, 9.17) is 0 Å². The van der Waals surface area contributed by atoms with Crippen LogP contribution in [-0.4, -0.2) is 43.5 Å². The van der Waals surface area contributed by atoms with E-state index in [2.05, 4.69) is 28.6 Å². The predicted molar refractivity (Wildman–Crippen MR) is 80.8 cm³/mol. The van der Waals surface area contributed by atoms with E-state index in [1.165, 1.54) is 18.4 Å². The van der Waals surface area contributed by atoms with E-state index in [1.807, 2.05) is 18.2 Å². The second-order valence-electron chi connectivity index (χ2n) is 6.05. The largest absolute Gasteiger partial charge is 0.373 e. The molecule has 0 spiro atoms. The van der Waals surface area contributed by atoms with Crippen molar-refractivity contribution < 1.29 is 4.79 Å². The molecule has 108 valence electrons. The fourth-order valence-electron chi connectivity index (χ4n) is 3.09. The minimum absolute atomic E-state index is 0.0985. The van der Waals surface area contributed by atoms with Crippen molar-refractivity contribution in [2.75, 3.05) is 32.0 Å². The fraction of sp³-hybridized carbons (Fsp3) is 0.562. The lowest BCUT2D eigenvalue weighted by molar-refractivity contribution is -0.121. The number of carbonyl (C=O) groups excluding carboxylic acids is 1. The number of hydrogen-bond acceptors (Lipinski definition) is 3. The second-order valence-corrected chi connectivity index (χ2v) is 6.05. The summed E-state index contributed by atoms with van der Waals surface area (Å²) < 4.78 is 0. The number of anilines is 1. The summed E-state index contributed by atoms with van der Waals surface area (Å²) in [6, 6.07) is 8.06. The van der Waals surface area contributed by atoms with Crippen LogP contribution in [0.2, 0.25) is 0 Å². The number of piperidine rings is 1. The molecule has 0 aliphatic carbocycles. The van der Waals surface area contributed by atoms with Gasteiger partial charge in [0.25, 0.3) is 0 Å². The van der Waals surface area contributed by atoms with Crippen molar-refractivity contribution in [2.45, 2.75) is 25.3 Å². The van der Waals surface area contributed by atoms with Crippen molar-refractivity contribution in [1.29, 1.82) is 0 Å². The Hall–Kier alpha value is -1.55. The van der Waals surface area contributed by atoms with Crippen LogP contribution in [0.4, 0.5) is 5.69 Å². The highest BCUT2D eigenvalue weighted by molar-refractivity contribution is 5.87. The highest BCUT2D eigenvalue weighted by atomic mass is 16.2. The molecule has 1 fully saturated rings. The number of fused-ring (bicyclic) bond motifs is 1. The van der Waals surface area contributed by atoms with Crippen molar-refractivity contribution in [3.05, 3.63) is 29.8 Å². The Labute approximate surface area is 120 Å². The Morgan fingerprint density at radius 3 is 2.85 bits per heavy atom. The summed E-state index contributed by atoms with van der Waals surface area (Å²) in [5.74, 6) is 0.777. The maximum atomic E-state index is 12.2. The molecule has 1 amide bonds. The standard InChI is InChI=1S/C16H23N3O/c1-19-8-6-12(7-9-19)11-17-16(20)15-10-13-4-2-3-5-14(13)18-15/h2-5,12,15,18H,6-11H2,1H3,(H,17,20). The number of benzene rings is 1. The molecule has 1 aromatic rings. The molecule has 1 saturated heterocycles. The molecular formula is C16H23N3O. The first-order valence-electron chi connectivity index (χ1n) is 7.53. The van der Waals surface area contributed by atoms with Crippen LogP contribution >= 0.6 is 0 Å². The molecule has 1 aromatic carbocycles. The number of rotatable bonds is 3. The van der Waals surface area contributed by atoms with Gasteiger partial charge in [0.05, 0.1) is 0 Å². The van der Waals surface area contributed by atoms with Crippen LogP contribution in [0.25, 0.3) is 0 Å². The van der Waals surface area contributed by atoms with Crippen LogP contribution in [0.5, 0.6) is 0 Å². The summed E-state index contributed by atoms with van der Waals surface area (Å²) in [4.78, 5) is 14.6. The van der Waals surface area contributed by atoms with Gasteiger partial charge in [-0.3, -0.25) is 4.79 Å². The van der Waals surface area contributed by atoms with Crippen LogP contribution in [-0.2, 0) is 11.2 Å². The molecule has 0 bridgehead atoms. The molecule has 4 nitrogen and oxygen atoms in total. The lowest BCUT2D eigenvalue weighted by atomic mass is 9.97. The average molecular weight is 273 g/mol. The smallest absolute Gasteiger partial charge is 0.242 e. The molecular weight excluding hydrogens is 250 g/mol. The molecule has 0 aromatic heterocycles. The highest BCUT2D eigenvalue weighted by Gasteiger charge is 2.26. The molecule has 0 saturated carbocycles. The molecule has 20 heavy (non-hydrogen) atoms. The third kappa shape index (κ3) is 2.96. The van der Waals surface area contributed by atoms with Crippen LogP contribution in [0.15, 0.2) is 24.3 Å². The van der Waals surface area contributed by atoms with E-state index < -0.39 is 0 Å². The summed E-state index contributed by atoms with van der Waals surface area (Å²) >= 11 is 0.